The van der Waals surface area contributed by atoms with E-state index in [0.29, 0.717) is 6.04 Å². The zero-order chi connectivity index (χ0) is 14.7. The van der Waals surface area contributed by atoms with Crippen LogP contribution in [0.4, 0.5) is 0 Å². The fourth-order valence-electron chi connectivity index (χ4n) is 2.75. The minimum Gasteiger partial charge on any atom is -0.314 e. The van der Waals surface area contributed by atoms with Gasteiger partial charge in [0.05, 0.1) is 6.54 Å². The van der Waals surface area contributed by atoms with Crippen LogP contribution < -0.4 is 5.32 Å². The average Bonchev–Trinajstić information content (AvgIpc) is 2.96. The molecule has 1 fully saturated rings. The second kappa shape index (κ2) is 6.88. The lowest BCUT2D eigenvalue weighted by Gasteiger charge is -2.36. The topological polar surface area (TPSA) is 28.2 Å². The van der Waals surface area contributed by atoms with Gasteiger partial charge in [-0.3, -0.25) is 4.90 Å². The largest absolute Gasteiger partial charge is 0.314 e. The van der Waals surface area contributed by atoms with Crippen molar-refractivity contribution in [3.8, 4) is 0 Å². The number of aryl methyl sites for hydroxylation is 1. The Labute approximate surface area is 135 Å². The van der Waals surface area contributed by atoms with Crippen LogP contribution in [0.5, 0.6) is 0 Å². The van der Waals surface area contributed by atoms with Gasteiger partial charge in [0.25, 0.3) is 0 Å². The van der Waals surface area contributed by atoms with E-state index in [-0.39, 0.29) is 0 Å². The Balaban J connectivity index is 1.80. The van der Waals surface area contributed by atoms with E-state index < -0.39 is 0 Å². The lowest BCUT2D eigenvalue weighted by atomic mass is 10.0. The zero-order valence-corrected chi connectivity index (χ0v) is 13.8. The number of nitrogens with one attached hydrogen (secondary N) is 1. The molecule has 2 heterocycles. The minimum atomic E-state index is 0.321. The van der Waals surface area contributed by atoms with Crippen molar-refractivity contribution < 1.29 is 0 Å². The molecule has 0 saturated carbocycles. The summed E-state index contributed by atoms with van der Waals surface area (Å²) in [6.45, 7) is 6.07. The van der Waals surface area contributed by atoms with Crippen LogP contribution >= 0.6 is 22.9 Å². The molecule has 1 aliphatic heterocycles. The first-order valence-corrected chi connectivity index (χ1v) is 8.60. The Morgan fingerprint density at radius 2 is 2.29 bits per heavy atom. The number of hydrogen-bond donors (Lipinski definition) is 1. The summed E-state index contributed by atoms with van der Waals surface area (Å²) >= 11 is 8.21. The molecular weight excluding hydrogens is 302 g/mol. The monoisotopic (exact) mass is 321 g/mol. The molecule has 1 N–H and O–H groups in total. The molecule has 3 rings (SSSR count). The second-order valence-electron chi connectivity index (χ2n) is 5.29. The van der Waals surface area contributed by atoms with Gasteiger partial charge in [0.1, 0.15) is 5.01 Å². The van der Waals surface area contributed by atoms with E-state index in [2.05, 4.69) is 34.3 Å². The van der Waals surface area contributed by atoms with Gasteiger partial charge in [-0.05, 0) is 18.1 Å². The van der Waals surface area contributed by atoms with Gasteiger partial charge >= 0.3 is 0 Å². The molecule has 0 bridgehead atoms. The quantitative estimate of drug-likeness (QED) is 0.934. The summed E-state index contributed by atoms with van der Waals surface area (Å²) in [5.41, 5.74) is 1.21. The van der Waals surface area contributed by atoms with Gasteiger partial charge < -0.3 is 5.32 Å². The van der Waals surface area contributed by atoms with Crippen LogP contribution in [0.3, 0.4) is 0 Å². The number of benzene rings is 1. The summed E-state index contributed by atoms with van der Waals surface area (Å²) in [4.78, 5) is 8.39. The van der Waals surface area contributed by atoms with E-state index in [1.165, 1.54) is 15.4 Å². The van der Waals surface area contributed by atoms with Crippen molar-refractivity contribution >= 4 is 22.9 Å². The van der Waals surface area contributed by atoms with E-state index in [0.717, 1.165) is 37.6 Å². The number of halogens is 1. The van der Waals surface area contributed by atoms with Crippen molar-refractivity contribution in [3.05, 3.63) is 50.9 Å². The molecule has 1 unspecified atom stereocenters. The smallest absolute Gasteiger partial charge is 0.107 e. The predicted octanol–water partition coefficient (Wildman–Crippen LogP) is 3.51. The van der Waals surface area contributed by atoms with Crippen LogP contribution in [0.15, 0.2) is 30.5 Å². The summed E-state index contributed by atoms with van der Waals surface area (Å²) in [5, 5.41) is 5.53. The van der Waals surface area contributed by atoms with Crippen molar-refractivity contribution in [1.82, 2.24) is 15.2 Å². The molecule has 0 radical (unpaired) electrons. The Kier molecular flexibility index (Phi) is 4.91. The standard InChI is InChI=1S/C16H20ClN3S/c1-2-12-9-19-16(21-12)11-20-8-7-18-10-15(20)13-5-3-4-6-14(13)17/h3-6,9,15,18H,2,7-8,10-11H2,1H3. The summed E-state index contributed by atoms with van der Waals surface area (Å²) in [7, 11) is 0. The molecule has 1 aliphatic rings. The number of nitrogens with zero attached hydrogens (tertiary/aromatic N) is 2. The van der Waals surface area contributed by atoms with Crippen LogP contribution in [0, 0.1) is 0 Å². The SMILES string of the molecule is CCc1cnc(CN2CCNCC2c2ccccc2Cl)s1. The van der Waals surface area contributed by atoms with Crippen LogP contribution in [-0.2, 0) is 13.0 Å². The Morgan fingerprint density at radius 1 is 1.43 bits per heavy atom. The Bertz CT molecular complexity index is 599. The third kappa shape index (κ3) is 3.46. The molecule has 0 aliphatic carbocycles. The van der Waals surface area contributed by atoms with E-state index in [1.54, 1.807) is 0 Å². The average molecular weight is 322 g/mol. The van der Waals surface area contributed by atoms with Crippen molar-refractivity contribution in [2.45, 2.75) is 25.9 Å². The Hall–Kier alpha value is -0.940. The predicted molar refractivity (Wildman–Crippen MR) is 89.0 cm³/mol. The van der Waals surface area contributed by atoms with Gasteiger partial charge in [0.15, 0.2) is 0 Å². The van der Waals surface area contributed by atoms with E-state index in [1.807, 2.05) is 29.7 Å². The van der Waals surface area contributed by atoms with Crippen LogP contribution in [0.1, 0.15) is 28.4 Å². The highest BCUT2D eigenvalue weighted by molar-refractivity contribution is 7.11. The minimum absolute atomic E-state index is 0.321. The first kappa shape index (κ1) is 15.0. The molecule has 1 atom stereocenters. The summed E-state index contributed by atoms with van der Waals surface area (Å²) in [5.74, 6) is 0. The molecule has 2 aromatic rings. The van der Waals surface area contributed by atoms with E-state index in [4.69, 9.17) is 11.6 Å². The molecule has 1 aromatic carbocycles. The van der Waals surface area contributed by atoms with E-state index >= 15 is 0 Å². The molecule has 5 heteroatoms. The zero-order valence-electron chi connectivity index (χ0n) is 12.2. The van der Waals surface area contributed by atoms with Crippen molar-refractivity contribution in [2.75, 3.05) is 19.6 Å². The molecule has 21 heavy (non-hydrogen) atoms. The summed E-state index contributed by atoms with van der Waals surface area (Å²) in [6, 6.07) is 8.48. The molecule has 3 nitrogen and oxygen atoms in total. The van der Waals surface area contributed by atoms with Gasteiger partial charge in [0.2, 0.25) is 0 Å². The molecule has 1 saturated heterocycles. The lowest BCUT2D eigenvalue weighted by Crippen LogP contribution is -2.45. The third-order valence-corrected chi connectivity index (χ3v) is 5.38. The van der Waals surface area contributed by atoms with Gasteiger partial charge in [-0.25, -0.2) is 4.98 Å². The van der Waals surface area contributed by atoms with Crippen molar-refractivity contribution in [1.29, 1.82) is 0 Å². The normalized spacial score (nSPS) is 19.8. The van der Waals surface area contributed by atoms with Crippen LogP contribution in [-0.4, -0.2) is 29.5 Å². The maximum Gasteiger partial charge on any atom is 0.107 e. The fourth-order valence-corrected chi connectivity index (χ4v) is 3.90. The van der Waals surface area contributed by atoms with Crippen molar-refractivity contribution in [3.63, 3.8) is 0 Å². The molecule has 1 aromatic heterocycles. The first-order chi connectivity index (χ1) is 10.3. The number of aromatic nitrogens is 1. The van der Waals surface area contributed by atoms with Gasteiger partial charge in [0, 0.05) is 41.8 Å². The van der Waals surface area contributed by atoms with Crippen molar-refractivity contribution in [2.24, 2.45) is 0 Å². The van der Waals surface area contributed by atoms with Crippen LogP contribution in [0.2, 0.25) is 5.02 Å². The maximum absolute atomic E-state index is 6.38. The van der Waals surface area contributed by atoms with Gasteiger partial charge in [-0.1, -0.05) is 36.7 Å². The number of thiazole rings is 1. The third-order valence-electron chi connectivity index (χ3n) is 3.91. The number of rotatable bonds is 4. The highest BCUT2D eigenvalue weighted by atomic mass is 35.5. The Morgan fingerprint density at radius 3 is 3.05 bits per heavy atom. The highest BCUT2D eigenvalue weighted by Crippen LogP contribution is 2.30. The lowest BCUT2D eigenvalue weighted by molar-refractivity contribution is 0.153. The fraction of sp³-hybridized carbons (Fsp3) is 0.438. The van der Waals surface area contributed by atoms with Gasteiger partial charge in [-0.2, -0.15) is 0 Å². The van der Waals surface area contributed by atoms with Gasteiger partial charge in [-0.15, -0.1) is 11.3 Å². The number of piperazine rings is 1. The van der Waals surface area contributed by atoms with Crippen LogP contribution in [0.25, 0.3) is 0 Å². The second-order valence-corrected chi connectivity index (χ2v) is 6.89. The molecule has 0 spiro atoms. The molecule has 0 amide bonds. The summed E-state index contributed by atoms with van der Waals surface area (Å²) in [6.07, 6.45) is 3.07. The molecule has 112 valence electrons. The number of hydrogen-bond acceptors (Lipinski definition) is 4. The summed E-state index contributed by atoms with van der Waals surface area (Å²) < 4.78 is 0. The maximum atomic E-state index is 6.38. The van der Waals surface area contributed by atoms with E-state index in [9.17, 15) is 0 Å². The first-order valence-electron chi connectivity index (χ1n) is 7.40. The molecular formula is C16H20ClN3S. The highest BCUT2D eigenvalue weighted by Gasteiger charge is 2.26.